The number of pyridine rings is 1. The van der Waals surface area contributed by atoms with Gasteiger partial charge < -0.3 is 25.7 Å². The van der Waals surface area contributed by atoms with Crippen LogP contribution in [0.5, 0.6) is 0 Å². The first-order valence-electron chi connectivity index (χ1n) is 12.7. The van der Waals surface area contributed by atoms with Crippen molar-refractivity contribution >= 4 is 23.9 Å². The second-order valence-corrected chi connectivity index (χ2v) is 10.7. The van der Waals surface area contributed by atoms with Crippen LogP contribution in [-0.2, 0) is 16.6 Å². The molecule has 2 amide bonds. The van der Waals surface area contributed by atoms with Crippen molar-refractivity contribution < 1.29 is 14.3 Å². The van der Waals surface area contributed by atoms with Crippen molar-refractivity contribution in [1.82, 2.24) is 34.9 Å². The predicted octanol–water partition coefficient (Wildman–Crippen LogP) is 3.68. The zero-order chi connectivity index (χ0) is 27.6. The summed E-state index contributed by atoms with van der Waals surface area (Å²) in [5, 5.41) is 7.30. The summed E-state index contributed by atoms with van der Waals surface area (Å²) in [7, 11) is 1.86. The summed E-state index contributed by atoms with van der Waals surface area (Å²) in [6, 6.07) is 1.91. The minimum atomic E-state index is -0.529. The summed E-state index contributed by atoms with van der Waals surface area (Å²) in [4.78, 5) is 39.2. The molecule has 0 saturated carbocycles. The van der Waals surface area contributed by atoms with Crippen LogP contribution in [0.25, 0.3) is 28.6 Å². The Balaban J connectivity index is 1.41. The highest BCUT2D eigenvalue weighted by Gasteiger charge is 2.27. The average molecular weight is 521 g/mol. The number of ether oxygens (including phenoxy) is 1. The van der Waals surface area contributed by atoms with Gasteiger partial charge in [-0.05, 0) is 59.6 Å². The van der Waals surface area contributed by atoms with Gasteiger partial charge in [-0.25, -0.2) is 14.8 Å². The maximum atomic E-state index is 12.9. The number of aromatic amines is 1. The molecule has 0 spiro atoms. The van der Waals surface area contributed by atoms with Gasteiger partial charge in [0.2, 0.25) is 5.91 Å². The Bertz CT molecular complexity index is 1360. The van der Waals surface area contributed by atoms with Crippen LogP contribution in [0, 0.1) is 6.92 Å². The van der Waals surface area contributed by atoms with Gasteiger partial charge in [-0.1, -0.05) is 0 Å². The van der Waals surface area contributed by atoms with E-state index in [2.05, 4.69) is 20.4 Å². The molecule has 4 N–H and O–H groups in total. The van der Waals surface area contributed by atoms with Gasteiger partial charge in [-0.3, -0.25) is 9.48 Å². The number of hydrogen-bond acceptors (Lipinski definition) is 7. The number of hydrogen-bond donors (Lipinski definition) is 3. The number of carbonyl (C=O) groups is 2. The van der Waals surface area contributed by atoms with Crippen LogP contribution in [0.3, 0.4) is 0 Å². The third-order valence-corrected chi connectivity index (χ3v) is 6.33. The first-order valence-corrected chi connectivity index (χ1v) is 12.7. The van der Waals surface area contributed by atoms with Gasteiger partial charge in [0.05, 0.1) is 17.5 Å². The number of anilines is 1. The quantitative estimate of drug-likeness (QED) is 0.435. The van der Waals surface area contributed by atoms with E-state index in [9.17, 15) is 9.59 Å². The fraction of sp³-hybridized carbons (Fsp3) is 0.444. The van der Waals surface area contributed by atoms with Crippen LogP contribution in [0.15, 0.2) is 30.2 Å². The minimum Gasteiger partial charge on any atom is -0.444 e. The van der Waals surface area contributed by atoms with Crippen molar-refractivity contribution in [3.05, 3.63) is 41.6 Å². The van der Waals surface area contributed by atoms with Crippen LogP contribution in [-0.4, -0.2) is 66.4 Å². The van der Waals surface area contributed by atoms with E-state index in [0.717, 1.165) is 16.8 Å². The molecule has 38 heavy (non-hydrogen) atoms. The van der Waals surface area contributed by atoms with E-state index in [0.29, 0.717) is 54.4 Å². The van der Waals surface area contributed by atoms with E-state index in [1.165, 1.54) is 0 Å². The Kier molecular flexibility index (Phi) is 7.56. The SMILES string of the molecule is CC(=Cc1nc(-c2cc(-c3cnn(C)c3)cnc2N)[nH]c1C)C(=O)NC1CCN(C(=O)OC(C)(C)C)CC1. The second-order valence-electron chi connectivity index (χ2n) is 10.7. The number of nitrogens with zero attached hydrogens (tertiary/aromatic N) is 5. The Hall–Kier alpha value is -4.15. The molecule has 0 bridgehead atoms. The Morgan fingerprint density at radius 3 is 2.55 bits per heavy atom. The number of nitrogen functional groups attached to an aromatic ring is 1. The van der Waals surface area contributed by atoms with Crippen molar-refractivity contribution in [2.24, 2.45) is 7.05 Å². The highest BCUT2D eigenvalue weighted by Crippen LogP contribution is 2.29. The summed E-state index contributed by atoms with van der Waals surface area (Å²) in [6.07, 6.45) is 8.16. The number of nitrogens with two attached hydrogens (primary N) is 1. The summed E-state index contributed by atoms with van der Waals surface area (Å²) >= 11 is 0. The average Bonchev–Trinajstić information content (AvgIpc) is 3.44. The van der Waals surface area contributed by atoms with Crippen LogP contribution < -0.4 is 11.1 Å². The fourth-order valence-electron chi connectivity index (χ4n) is 4.24. The molecule has 1 saturated heterocycles. The lowest BCUT2D eigenvalue weighted by molar-refractivity contribution is -0.118. The molecule has 11 nitrogen and oxygen atoms in total. The predicted molar refractivity (Wildman–Crippen MR) is 146 cm³/mol. The molecule has 11 heteroatoms. The van der Waals surface area contributed by atoms with Crippen molar-refractivity contribution in [1.29, 1.82) is 0 Å². The van der Waals surface area contributed by atoms with Crippen molar-refractivity contribution in [2.75, 3.05) is 18.8 Å². The summed E-state index contributed by atoms with van der Waals surface area (Å²) in [5.41, 5.74) is 10.1. The zero-order valence-corrected chi connectivity index (χ0v) is 22.8. The van der Waals surface area contributed by atoms with Gasteiger partial charge in [-0.2, -0.15) is 5.10 Å². The summed E-state index contributed by atoms with van der Waals surface area (Å²) < 4.78 is 7.17. The maximum Gasteiger partial charge on any atom is 0.410 e. The molecule has 0 aliphatic carbocycles. The van der Waals surface area contributed by atoms with E-state index in [1.54, 1.807) is 35.0 Å². The molecule has 4 heterocycles. The van der Waals surface area contributed by atoms with Crippen molar-refractivity contribution in [3.8, 4) is 22.5 Å². The zero-order valence-electron chi connectivity index (χ0n) is 22.8. The number of imidazole rings is 1. The van der Waals surface area contributed by atoms with E-state index >= 15 is 0 Å². The molecular formula is C27H36N8O3. The van der Waals surface area contributed by atoms with E-state index < -0.39 is 5.60 Å². The Morgan fingerprint density at radius 1 is 1.21 bits per heavy atom. The number of piperidine rings is 1. The topological polar surface area (TPSA) is 144 Å². The first kappa shape index (κ1) is 26.9. The number of H-pyrrole nitrogens is 1. The molecule has 1 fully saturated rings. The lowest BCUT2D eigenvalue weighted by Crippen LogP contribution is -2.47. The lowest BCUT2D eigenvalue weighted by Gasteiger charge is -2.33. The molecule has 3 aromatic heterocycles. The van der Waals surface area contributed by atoms with Gasteiger partial charge in [0.15, 0.2) is 0 Å². The molecule has 4 rings (SSSR count). The van der Waals surface area contributed by atoms with Gasteiger partial charge in [0.1, 0.15) is 17.2 Å². The fourth-order valence-corrected chi connectivity index (χ4v) is 4.24. The van der Waals surface area contributed by atoms with E-state index in [-0.39, 0.29) is 18.0 Å². The Labute approximate surface area is 222 Å². The number of rotatable bonds is 5. The largest absolute Gasteiger partial charge is 0.444 e. The van der Waals surface area contributed by atoms with Gasteiger partial charge >= 0.3 is 6.09 Å². The molecular weight excluding hydrogens is 484 g/mol. The molecule has 0 radical (unpaired) electrons. The second kappa shape index (κ2) is 10.7. The van der Waals surface area contributed by atoms with Crippen LogP contribution in [0.4, 0.5) is 10.6 Å². The smallest absolute Gasteiger partial charge is 0.410 e. The Morgan fingerprint density at radius 2 is 1.92 bits per heavy atom. The molecule has 0 atom stereocenters. The van der Waals surface area contributed by atoms with Crippen LogP contribution >= 0.6 is 0 Å². The van der Waals surface area contributed by atoms with Crippen LogP contribution in [0.1, 0.15) is 51.9 Å². The molecule has 0 aromatic carbocycles. The number of carbonyl (C=O) groups excluding carboxylic acids is 2. The first-order chi connectivity index (χ1) is 17.9. The third kappa shape index (κ3) is 6.39. The van der Waals surface area contributed by atoms with Crippen LogP contribution in [0.2, 0.25) is 0 Å². The molecule has 0 unspecified atom stereocenters. The van der Waals surface area contributed by atoms with Gasteiger partial charge in [0.25, 0.3) is 0 Å². The summed E-state index contributed by atoms with van der Waals surface area (Å²) in [6.45, 7) is 10.3. The van der Waals surface area contributed by atoms with E-state index in [4.69, 9.17) is 15.5 Å². The number of aryl methyl sites for hydroxylation is 2. The molecule has 202 valence electrons. The minimum absolute atomic E-state index is 0.0125. The monoisotopic (exact) mass is 520 g/mol. The molecule has 3 aromatic rings. The standard InChI is InChI=1S/C27H36N8O3/c1-16(25(36)32-20-7-9-35(10-8-20)26(37)38-27(3,4)5)11-22-17(2)31-24(33-22)21-12-18(13-29-23(21)28)19-14-30-34(6)15-19/h11-15,20H,7-10H2,1-6H3,(H2,28,29)(H,31,33)(H,32,36). The molecule has 1 aliphatic heterocycles. The highest BCUT2D eigenvalue weighted by molar-refractivity contribution is 5.97. The number of amides is 2. The maximum absolute atomic E-state index is 12.9. The highest BCUT2D eigenvalue weighted by atomic mass is 16.6. The van der Waals surface area contributed by atoms with Gasteiger partial charge in [0, 0.05) is 61.0 Å². The lowest BCUT2D eigenvalue weighted by atomic mass is 10.0. The van der Waals surface area contributed by atoms with Crippen molar-refractivity contribution in [3.63, 3.8) is 0 Å². The number of nitrogens with one attached hydrogen (secondary N) is 2. The normalized spacial score (nSPS) is 15.0. The number of likely N-dealkylation sites (tertiary alicyclic amines) is 1. The van der Waals surface area contributed by atoms with E-state index in [1.807, 2.05) is 47.0 Å². The summed E-state index contributed by atoms with van der Waals surface area (Å²) in [5.74, 6) is 0.769. The number of aromatic nitrogens is 5. The molecule has 1 aliphatic rings. The third-order valence-electron chi connectivity index (χ3n) is 6.33. The van der Waals surface area contributed by atoms with Gasteiger partial charge in [-0.15, -0.1) is 0 Å². The van der Waals surface area contributed by atoms with Crippen molar-refractivity contribution in [2.45, 2.75) is 59.1 Å².